The molecule has 0 aliphatic carbocycles. The van der Waals surface area contributed by atoms with Crippen LogP contribution >= 0.6 is 0 Å². The number of carboxylic acids is 1. The second kappa shape index (κ2) is 7.79. The van der Waals surface area contributed by atoms with E-state index in [9.17, 15) is 9.90 Å². The number of anilines is 3. The monoisotopic (exact) mass is 373 g/mol. The Bertz CT molecular complexity index is 1120. The zero-order valence-corrected chi connectivity index (χ0v) is 15.0. The molecule has 0 atom stereocenters. The zero-order valence-electron chi connectivity index (χ0n) is 15.0. The van der Waals surface area contributed by atoms with Gasteiger partial charge in [-0.3, -0.25) is 0 Å². The van der Waals surface area contributed by atoms with Crippen molar-refractivity contribution in [3.8, 4) is 0 Å². The SMILES string of the molecule is O=C(O)c1ccccc1Nc1ccnc(NCCc2c[nH]c3ccccc23)n1. The van der Waals surface area contributed by atoms with Crippen molar-refractivity contribution in [2.75, 3.05) is 17.2 Å². The summed E-state index contributed by atoms with van der Waals surface area (Å²) in [7, 11) is 0. The third-order valence-electron chi connectivity index (χ3n) is 4.43. The number of carboxylic acid groups (broad SMARTS) is 1. The van der Waals surface area contributed by atoms with E-state index in [2.05, 4.69) is 37.7 Å². The van der Waals surface area contributed by atoms with Crippen molar-refractivity contribution in [2.45, 2.75) is 6.42 Å². The van der Waals surface area contributed by atoms with E-state index < -0.39 is 5.97 Å². The fourth-order valence-corrected chi connectivity index (χ4v) is 3.08. The van der Waals surface area contributed by atoms with Gasteiger partial charge in [0, 0.05) is 29.8 Å². The first-order valence-corrected chi connectivity index (χ1v) is 8.92. The molecular weight excluding hydrogens is 354 g/mol. The maximum atomic E-state index is 11.3. The van der Waals surface area contributed by atoms with Crippen LogP contribution in [0.15, 0.2) is 67.0 Å². The first kappa shape index (κ1) is 17.5. The van der Waals surface area contributed by atoms with Crippen LogP contribution in [0.25, 0.3) is 10.9 Å². The van der Waals surface area contributed by atoms with Crippen molar-refractivity contribution >= 4 is 34.3 Å². The molecule has 0 radical (unpaired) electrons. The quantitative estimate of drug-likeness (QED) is 0.390. The van der Waals surface area contributed by atoms with Gasteiger partial charge in [-0.25, -0.2) is 9.78 Å². The Morgan fingerprint density at radius 3 is 2.79 bits per heavy atom. The number of nitrogens with one attached hydrogen (secondary N) is 3. The average molecular weight is 373 g/mol. The lowest BCUT2D eigenvalue weighted by Crippen LogP contribution is -2.09. The van der Waals surface area contributed by atoms with Crippen molar-refractivity contribution in [2.24, 2.45) is 0 Å². The minimum atomic E-state index is -0.991. The summed E-state index contributed by atoms with van der Waals surface area (Å²) in [5, 5.41) is 16.8. The van der Waals surface area contributed by atoms with E-state index in [1.807, 2.05) is 18.3 Å². The second-order valence-corrected chi connectivity index (χ2v) is 6.28. The first-order valence-electron chi connectivity index (χ1n) is 8.92. The average Bonchev–Trinajstić information content (AvgIpc) is 3.12. The highest BCUT2D eigenvalue weighted by Gasteiger charge is 2.10. The number of aromatic nitrogens is 3. The van der Waals surface area contributed by atoms with Gasteiger partial charge in [0.05, 0.1) is 11.3 Å². The normalized spacial score (nSPS) is 10.7. The fourth-order valence-electron chi connectivity index (χ4n) is 3.08. The van der Waals surface area contributed by atoms with Gasteiger partial charge in [0.1, 0.15) is 5.82 Å². The number of hydrogen-bond acceptors (Lipinski definition) is 5. The van der Waals surface area contributed by atoms with Gasteiger partial charge in [-0.05, 0) is 36.2 Å². The van der Waals surface area contributed by atoms with Gasteiger partial charge < -0.3 is 20.7 Å². The Kier molecular flexibility index (Phi) is 4.88. The van der Waals surface area contributed by atoms with Crippen LogP contribution in [0.1, 0.15) is 15.9 Å². The number of nitrogens with zero attached hydrogens (tertiary/aromatic N) is 2. The molecule has 4 N–H and O–H groups in total. The number of rotatable bonds is 7. The van der Waals surface area contributed by atoms with E-state index in [0.29, 0.717) is 24.0 Å². The van der Waals surface area contributed by atoms with Gasteiger partial charge in [-0.2, -0.15) is 4.98 Å². The number of H-pyrrole nitrogens is 1. The van der Waals surface area contributed by atoms with Crippen molar-refractivity contribution in [1.29, 1.82) is 0 Å². The van der Waals surface area contributed by atoms with Gasteiger partial charge in [-0.1, -0.05) is 30.3 Å². The van der Waals surface area contributed by atoms with Crippen molar-refractivity contribution in [1.82, 2.24) is 15.0 Å². The van der Waals surface area contributed by atoms with E-state index in [-0.39, 0.29) is 5.56 Å². The highest BCUT2D eigenvalue weighted by atomic mass is 16.4. The van der Waals surface area contributed by atoms with Crippen molar-refractivity contribution < 1.29 is 9.90 Å². The molecule has 0 unspecified atom stereocenters. The number of hydrogen-bond donors (Lipinski definition) is 4. The maximum Gasteiger partial charge on any atom is 0.337 e. The van der Waals surface area contributed by atoms with Gasteiger partial charge in [0.25, 0.3) is 0 Å². The van der Waals surface area contributed by atoms with E-state index in [1.54, 1.807) is 36.5 Å². The summed E-state index contributed by atoms with van der Waals surface area (Å²) in [6.07, 6.45) is 4.48. The largest absolute Gasteiger partial charge is 0.478 e. The molecular formula is C21H19N5O2. The summed E-state index contributed by atoms with van der Waals surface area (Å²) >= 11 is 0. The van der Waals surface area contributed by atoms with Crippen LogP contribution in [0.4, 0.5) is 17.5 Å². The molecule has 4 rings (SSSR count). The van der Waals surface area contributed by atoms with Gasteiger partial charge >= 0.3 is 5.97 Å². The lowest BCUT2D eigenvalue weighted by Gasteiger charge is -2.10. The van der Waals surface area contributed by atoms with Crippen LogP contribution in [0.2, 0.25) is 0 Å². The fraction of sp³-hybridized carbons (Fsp3) is 0.0952. The van der Waals surface area contributed by atoms with E-state index in [1.165, 1.54) is 10.9 Å². The molecule has 7 heteroatoms. The van der Waals surface area contributed by atoms with Crippen LogP contribution in [-0.2, 0) is 6.42 Å². The number of aromatic carboxylic acids is 1. The Hall–Kier alpha value is -3.87. The van der Waals surface area contributed by atoms with E-state index >= 15 is 0 Å². The third kappa shape index (κ3) is 3.78. The number of carbonyl (C=O) groups is 1. The minimum absolute atomic E-state index is 0.190. The van der Waals surface area contributed by atoms with Crippen LogP contribution in [0.5, 0.6) is 0 Å². The predicted octanol–water partition coefficient (Wildman–Crippen LogP) is 4.05. The molecule has 7 nitrogen and oxygen atoms in total. The molecule has 0 aliphatic rings. The van der Waals surface area contributed by atoms with Crippen LogP contribution < -0.4 is 10.6 Å². The summed E-state index contributed by atoms with van der Waals surface area (Å²) < 4.78 is 0. The summed E-state index contributed by atoms with van der Waals surface area (Å²) in [6.45, 7) is 0.678. The van der Waals surface area contributed by atoms with Crippen molar-refractivity contribution in [3.05, 3.63) is 78.1 Å². The Balaban J connectivity index is 1.42. The topological polar surface area (TPSA) is 103 Å². The zero-order chi connectivity index (χ0) is 19.3. The molecule has 2 aromatic carbocycles. The van der Waals surface area contributed by atoms with Crippen LogP contribution in [0, 0.1) is 0 Å². The maximum absolute atomic E-state index is 11.3. The molecule has 140 valence electrons. The molecule has 0 saturated heterocycles. The predicted molar refractivity (Wildman–Crippen MR) is 109 cm³/mol. The Labute approximate surface area is 161 Å². The van der Waals surface area contributed by atoms with Crippen LogP contribution in [-0.4, -0.2) is 32.6 Å². The molecule has 4 aromatic rings. The molecule has 0 amide bonds. The summed E-state index contributed by atoms with van der Waals surface area (Å²) in [4.78, 5) is 23.3. The van der Waals surface area contributed by atoms with Gasteiger partial charge in [-0.15, -0.1) is 0 Å². The van der Waals surface area contributed by atoms with Gasteiger partial charge in [0.2, 0.25) is 5.95 Å². The summed E-state index contributed by atoms with van der Waals surface area (Å²) in [6, 6.07) is 16.6. The first-order chi connectivity index (χ1) is 13.7. The molecule has 0 spiro atoms. The highest BCUT2D eigenvalue weighted by Crippen LogP contribution is 2.20. The number of para-hydroxylation sites is 2. The lowest BCUT2D eigenvalue weighted by atomic mass is 10.1. The Morgan fingerprint density at radius 2 is 1.89 bits per heavy atom. The summed E-state index contributed by atoms with van der Waals surface area (Å²) in [5.74, 6) is 0.0187. The van der Waals surface area contributed by atoms with Crippen LogP contribution in [0.3, 0.4) is 0 Å². The van der Waals surface area contributed by atoms with Crippen molar-refractivity contribution in [3.63, 3.8) is 0 Å². The molecule has 0 aliphatic heterocycles. The van der Waals surface area contributed by atoms with E-state index in [4.69, 9.17) is 0 Å². The van der Waals surface area contributed by atoms with E-state index in [0.717, 1.165) is 11.9 Å². The number of benzene rings is 2. The standard InChI is InChI=1S/C21H19N5O2/c27-20(28)16-6-2-4-8-18(16)25-19-10-12-23-21(26-19)22-11-9-14-13-24-17-7-3-1-5-15(14)17/h1-8,10,12-13,24H,9,11H2,(H,27,28)(H2,22,23,25,26). The smallest absolute Gasteiger partial charge is 0.337 e. The highest BCUT2D eigenvalue weighted by molar-refractivity contribution is 5.95. The molecule has 2 heterocycles. The lowest BCUT2D eigenvalue weighted by molar-refractivity contribution is 0.0698. The number of aromatic amines is 1. The molecule has 28 heavy (non-hydrogen) atoms. The minimum Gasteiger partial charge on any atom is -0.478 e. The third-order valence-corrected chi connectivity index (χ3v) is 4.43. The Morgan fingerprint density at radius 1 is 1.07 bits per heavy atom. The molecule has 2 aromatic heterocycles. The molecule has 0 bridgehead atoms. The second-order valence-electron chi connectivity index (χ2n) is 6.28. The molecule has 0 fully saturated rings. The van der Waals surface area contributed by atoms with Gasteiger partial charge in [0.15, 0.2) is 0 Å². The number of fused-ring (bicyclic) bond motifs is 1. The summed E-state index contributed by atoms with van der Waals surface area (Å²) in [5.41, 5.74) is 3.03. The molecule has 0 saturated carbocycles.